The quantitative estimate of drug-likeness (QED) is 0.0823. The van der Waals surface area contributed by atoms with Crippen LogP contribution in [0.5, 0.6) is 0 Å². The zero-order valence-corrected chi connectivity index (χ0v) is 25.3. The van der Waals surface area contributed by atoms with Gasteiger partial charge in [0.15, 0.2) is 0 Å². The van der Waals surface area contributed by atoms with Gasteiger partial charge in [-0.3, -0.25) is 0 Å². The van der Waals surface area contributed by atoms with Gasteiger partial charge in [-0.05, 0) is 105 Å². The van der Waals surface area contributed by atoms with E-state index in [1.807, 2.05) is 27.7 Å². The molecule has 5 aromatic rings. The van der Waals surface area contributed by atoms with E-state index >= 15 is 0 Å². The van der Waals surface area contributed by atoms with Gasteiger partial charge in [-0.25, -0.2) is 19.2 Å². The molecule has 0 fully saturated rings. The molecule has 8 nitrogen and oxygen atoms in total. The molecule has 2 atom stereocenters. The number of carboxylic acid groups (broad SMARTS) is 4. The van der Waals surface area contributed by atoms with E-state index in [1.54, 1.807) is 24.3 Å². The van der Waals surface area contributed by atoms with Crippen molar-refractivity contribution in [3.63, 3.8) is 0 Å². The van der Waals surface area contributed by atoms with Crippen LogP contribution in [0.15, 0.2) is 36.4 Å². The summed E-state index contributed by atoms with van der Waals surface area (Å²) < 4.78 is 0. The van der Waals surface area contributed by atoms with Crippen molar-refractivity contribution in [1.82, 2.24) is 0 Å². The fourth-order valence-corrected chi connectivity index (χ4v) is 7.36. The van der Waals surface area contributed by atoms with Crippen LogP contribution in [0.3, 0.4) is 0 Å². The highest BCUT2D eigenvalue weighted by atomic mass is 16.4. The van der Waals surface area contributed by atoms with E-state index in [-0.39, 0.29) is 44.9 Å². The molecule has 0 aromatic heterocycles. The average molecular weight is 597 g/mol. The van der Waals surface area contributed by atoms with Crippen molar-refractivity contribution < 1.29 is 39.6 Å². The lowest BCUT2D eigenvalue weighted by Gasteiger charge is -2.27. The Balaban J connectivity index is 2.26. The van der Waals surface area contributed by atoms with Gasteiger partial charge in [0.05, 0.1) is 22.3 Å². The molecule has 4 N–H and O–H groups in total. The van der Waals surface area contributed by atoms with E-state index in [0.29, 0.717) is 45.2 Å². The molecule has 0 heterocycles. The van der Waals surface area contributed by atoms with E-state index in [9.17, 15) is 39.6 Å². The maximum atomic E-state index is 12.8. The molecule has 0 aliphatic carbocycles. The summed E-state index contributed by atoms with van der Waals surface area (Å²) in [5.41, 5.74) is 1.01. The summed E-state index contributed by atoms with van der Waals surface area (Å²) in [7, 11) is 0. The monoisotopic (exact) mass is 596 g/mol. The number of fused-ring (bicyclic) bond motifs is 2. The minimum absolute atomic E-state index is 0.0693. The number of carbonyl (C=O) groups is 4. The third-order valence-corrected chi connectivity index (χ3v) is 9.23. The fourth-order valence-electron chi connectivity index (χ4n) is 7.36. The second-order valence-corrected chi connectivity index (χ2v) is 11.6. The van der Waals surface area contributed by atoms with Crippen molar-refractivity contribution in [3.8, 4) is 0 Å². The molecule has 8 heteroatoms. The molecule has 5 aromatic carbocycles. The minimum atomic E-state index is -1.26. The summed E-state index contributed by atoms with van der Waals surface area (Å²) >= 11 is 0. The van der Waals surface area contributed by atoms with Crippen molar-refractivity contribution in [2.45, 2.75) is 78.1 Å². The number of rotatable bonds is 12. The molecule has 0 amide bonds. The maximum Gasteiger partial charge on any atom is 0.336 e. The van der Waals surface area contributed by atoms with Gasteiger partial charge in [-0.15, -0.1) is 0 Å². The predicted octanol–water partition coefficient (Wildman–Crippen LogP) is 9.12. The Morgan fingerprint density at radius 1 is 0.500 bits per heavy atom. The number of aromatic carboxylic acids is 4. The van der Waals surface area contributed by atoms with Gasteiger partial charge in [0.25, 0.3) is 0 Å². The van der Waals surface area contributed by atoms with Gasteiger partial charge in [-0.2, -0.15) is 0 Å². The molecule has 228 valence electrons. The molecule has 0 radical (unpaired) electrons. The Labute approximate surface area is 254 Å². The highest BCUT2D eigenvalue weighted by Gasteiger charge is 2.31. The first-order chi connectivity index (χ1) is 21.0. The van der Waals surface area contributed by atoms with Crippen LogP contribution in [0.4, 0.5) is 0 Å². The number of carboxylic acids is 4. The molecular formula is C36H36O8. The molecule has 0 spiro atoms. The molecule has 0 aliphatic rings. The second kappa shape index (κ2) is 11.8. The zero-order chi connectivity index (χ0) is 32.0. The molecule has 0 saturated heterocycles. The topological polar surface area (TPSA) is 149 Å². The Bertz CT molecular complexity index is 1840. The van der Waals surface area contributed by atoms with Crippen LogP contribution >= 0.6 is 0 Å². The first kappa shape index (κ1) is 30.7. The molecule has 0 saturated carbocycles. The van der Waals surface area contributed by atoms with Crippen LogP contribution in [0.2, 0.25) is 0 Å². The van der Waals surface area contributed by atoms with Gasteiger partial charge in [0.1, 0.15) is 0 Å². The summed E-state index contributed by atoms with van der Waals surface area (Å²) in [6.45, 7) is 8.12. The van der Waals surface area contributed by atoms with Crippen molar-refractivity contribution in [1.29, 1.82) is 0 Å². The number of hydrogen-bond acceptors (Lipinski definition) is 4. The van der Waals surface area contributed by atoms with E-state index in [4.69, 9.17) is 0 Å². The van der Waals surface area contributed by atoms with Gasteiger partial charge in [0.2, 0.25) is 0 Å². The van der Waals surface area contributed by atoms with E-state index in [0.717, 1.165) is 36.8 Å². The Kier molecular flexibility index (Phi) is 8.21. The third kappa shape index (κ3) is 4.60. The van der Waals surface area contributed by atoms with Crippen LogP contribution in [0.1, 0.15) is 131 Å². The zero-order valence-electron chi connectivity index (χ0n) is 25.3. The minimum Gasteiger partial charge on any atom is -0.478 e. The summed E-state index contributed by atoms with van der Waals surface area (Å²) in [6.07, 6.45) is 4.54. The van der Waals surface area contributed by atoms with Crippen LogP contribution in [-0.2, 0) is 0 Å². The summed E-state index contributed by atoms with van der Waals surface area (Å²) in [4.78, 5) is 50.7. The Hall–Kier alpha value is -4.72. The van der Waals surface area contributed by atoms with E-state index in [2.05, 4.69) is 0 Å². The largest absolute Gasteiger partial charge is 0.478 e. The highest BCUT2D eigenvalue weighted by Crippen LogP contribution is 2.50. The highest BCUT2D eigenvalue weighted by molar-refractivity contribution is 6.39. The SMILES string of the molecule is CCCC(CC)c1cc(C(=O)O)c2c(C(=O)O)ccc3c4c(C(CC)CCC)cc(C(=O)O)c5c(C(=O)O)ccc(c1c23)c54. The summed E-state index contributed by atoms with van der Waals surface area (Å²) in [5, 5.41) is 45.1. The van der Waals surface area contributed by atoms with E-state index < -0.39 is 23.9 Å². The first-order valence-corrected chi connectivity index (χ1v) is 15.2. The summed E-state index contributed by atoms with van der Waals surface area (Å²) in [5.74, 6) is -5.12. The van der Waals surface area contributed by atoms with Crippen LogP contribution in [-0.4, -0.2) is 44.3 Å². The molecular weight excluding hydrogens is 560 g/mol. The van der Waals surface area contributed by atoms with Crippen LogP contribution in [0.25, 0.3) is 43.1 Å². The standard InChI is InChI=1S/C36H36O8/c1-5-9-17(7-3)23-15-25(35(41)42)29-21(33(37)38)14-12-20-28-24(18(8-4)10-6-2)16-26(36(43)44)30-22(34(39)40)13-11-19(32(28)30)27(23)31(20)29/h11-18H,5-10H2,1-4H3,(H,37,38)(H,39,40)(H,41,42)(H,43,44). The van der Waals surface area contributed by atoms with E-state index in [1.165, 1.54) is 12.1 Å². The smallest absolute Gasteiger partial charge is 0.336 e. The lowest BCUT2D eigenvalue weighted by molar-refractivity contribution is 0.0681. The van der Waals surface area contributed by atoms with Gasteiger partial charge < -0.3 is 20.4 Å². The van der Waals surface area contributed by atoms with Gasteiger partial charge in [-0.1, -0.05) is 52.7 Å². The fraction of sp³-hybridized carbons (Fsp3) is 0.333. The lowest BCUT2D eigenvalue weighted by Crippen LogP contribution is -2.11. The Morgan fingerprint density at radius 2 is 0.841 bits per heavy atom. The second-order valence-electron chi connectivity index (χ2n) is 11.6. The average Bonchev–Trinajstić information content (AvgIpc) is 2.99. The number of benzene rings is 5. The predicted molar refractivity (Wildman–Crippen MR) is 171 cm³/mol. The molecule has 2 unspecified atom stereocenters. The first-order valence-electron chi connectivity index (χ1n) is 15.2. The third-order valence-electron chi connectivity index (χ3n) is 9.23. The van der Waals surface area contributed by atoms with Crippen molar-refractivity contribution in [3.05, 3.63) is 69.8 Å². The summed E-state index contributed by atoms with van der Waals surface area (Å²) in [6, 6.07) is 9.34. The Morgan fingerprint density at radius 3 is 1.11 bits per heavy atom. The van der Waals surface area contributed by atoms with Crippen LogP contribution < -0.4 is 0 Å². The maximum absolute atomic E-state index is 12.8. The molecule has 44 heavy (non-hydrogen) atoms. The molecule has 0 bridgehead atoms. The van der Waals surface area contributed by atoms with Crippen molar-refractivity contribution in [2.75, 3.05) is 0 Å². The van der Waals surface area contributed by atoms with Gasteiger partial charge >= 0.3 is 23.9 Å². The lowest BCUT2D eigenvalue weighted by atomic mass is 9.76. The number of hydrogen-bond donors (Lipinski definition) is 4. The molecule has 0 aliphatic heterocycles. The van der Waals surface area contributed by atoms with Crippen LogP contribution in [0, 0.1) is 0 Å². The molecule has 5 rings (SSSR count). The normalized spacial score (nSPS) is 13.2. The van der Waals surface area contributed by atoms with Gasteiger partial charge in [0, 0.05) is 10.8 Å². The van der Waals surface area contributed by atoms with Crippen molar-refractivity contribution in [2.24, 2.45) is 0 Å². The van der Waals surface area contributed by atoms with Crippen molar-refractivity contribution >= 4 is 67.0 Å².